The molecule has 0 unspecified atom stereocenters. The highest BCUT2D eigenvalue weighted by Crippen LogP contribution is 2.30. The van der Waals surface area contributed by atoms with Crippen molar-refractivity contribution in [3.05, 3.63) is 83.2 Å². The van der Waals surface area contributed by atoms with Gasteiger partial charge in [0.2, 0.25) is 0 Å². The van der Waals surface area contributed by atoms with E-state index in [1.54, 1.807) is 12.4 Å². The smallest absolute Gasteiger partial charge is 0.353 e. The first-order chi connectivity index (χ1) is 12.4. The van der Waals surface area contributed by atoms with Gasteiger partial charge in [0.1, 0.15) is 0 Å². The Morgan fingerprint density at radius 1 is 0.731 bits per heavy atom. The van der Waals surface area contributed by atoms with Crippen molar-refractivity contribution in [3.8, 4) is 0 Å². The maximum Gasteiger partial charge on any atom is 0.416 e. The maximum atomic E-state index is 12.5. The van der Waals surface area contributed by atoms with E-state index in [2.05, 4.69) is 15.0 Å². The van der Waals surface area contributed by atoms with Gasteiger partial charge in [0.05, 0.1) is 40.8 Å². The quantitative estimate of drug-likeness (QED) is 0.571. The number of nitrogens with zero attached hydrogens (tertiary/aromatic N) is 2. The van der Waals surface area contributed by atoms with Gasteiger partial charge >= 0.3 is 6.18 Å². The number of aliphatic imine (C=N–C) groups is 2. The lowest BCUT2D eigenvalue weighted by Gasteiger charge is -2.05. The molecule has 0 saturated carbocycles. The molecule has 3 rings (SSSR count). The van der Waals surface area contributed by atoms with Gasteiger partial charge in [-0.1, -0.05) is 17.7 Å². The second-order valence-corrected chi connectivity index (χ2v) is 5.77. The van der Waals surface area contributed by atoms with Crippen LogP contribution in [0.3, 0.4) is 0 Å². The van der Waals surface area contributed by atoms with Crippen molar-refractivity contribution < 1.29 is 13.2 Å². The summed E-state index contributed by atoms with van der Waals surface area (Å²) in [5.74, 6) is 0. The predicted octanol–water partition coefficient (Wildman–Crippen LogP) is 5.84. The molecule has 1 N–H and O–H groups in total. The highest BCUT2D eigenvalue weighted by molar-refractivity contribution is 5.85. The second kappa shape index (κ2) is 7.39. The van der Waals surface area contributed by atoms with Crippen LogP contribution in [0, 0.1) is 6.92 Å². The van der Waals surface area contributed by atoms with Gasteiger partial charge in [-0.15, -0.1) is 0 Å². The Balaban J connectivity index is 1.66. The minimum Gasteiger partial charge on any atom is -0.353 e. The molecule has 6 heteroatoms. The van der Waals surface area contributed by atoms with Crippen LogP contribution in [0.15, 0.2) is 70.6 Å². The Hall–Kier alpha value is -3.15. The van der Waals surface area contributed by atoms with Crippen molar-refractivity contribution in [2.75, 3.05) is 0 Å². The second-order valence-electron chi connectivity index (χ2n) is 5.77. The molecule has 0 saturated heterocycles. The molecular formula is C20H16F3N3. The zero-order valence-electron chi connectivity index (χ0n) is 14.0. The minimum atomic E-state index is -4.34. The Morgan fingerprint density at radius 3 is 1.65 bits per heavy atom. The Bertz CT molecular complexity index is 918. The number of aromatic amines is 1. The van der Waals surface area contributed by atoms with Crippen molar-refractivity contribution in [2.24, 2.45) is 9.98 Å². The van der Waals surface area contributed by atoms with Crippen LogP contribution < -0.4 is 0 Å². The summed E-state index contributed by atoms with van der Waals surface area (Å²) in [6.45, 7) is 2.01. The molecule has 2 aromatic carbocycles. The number of halogens is 3. The molecule has 0 bridgehead atoms. The van der Waals surface area contributed by atoms with Gasteiger partial charge < -0.3 is 4.98 Å². The Kier molecular flexibility index (Phi) is 5.02. The number of aromatic nitrogens is 1. The standard InChI is InChI=1S/C20H16F3N3/c1-14-2-6-16(7-3-14)24-12-18-10-11-19(26-18)13-25-17-8-4-15(5-9-17)20(21,22)23/h2-13,26H,1H3. The molecule has 0 fully saturated rings. The maximum absolute atomic E-state index is 12.5. The molecule has 0 aliphatic carbocycles. The SMILES string of the molecule is Cc1ccc(N=Cc2ccc(C=Nc3ccc(C(F)(F)F)cc3)[nH]2)cc1. The normalized spacial score (nSPS) is 12.3. The number of hydrogen-bond acceptors (Lipinski definition) is 2. The van der Waals surface area contributed by atoms with Crippen LogP contribution in [0.2, 0.25) is 0 Å². The summed E-state index contributed by atoms with van der Waals surface area (Å²) in [7, 11) is 0. The van der Waals surface area contributed by atoms with Crippen LogP contribution in [0.5, 0.6) is 0 Å². The molecular weight excluding hydrogens is 339 g/mol. The lowest BCUT2D eigenvalue weighted by molar-refractivity contribution is -0.137. The molecule has 0 atom stereocenters. The summed E-state index contributed by atoms with van der Waals surface area (Å²) in [5.41, 5.74) is 3.32. The van der Waals surface area contributed by atoms with Crippen molar-refractivity contribution in [1.82, 2.24) is 4.98 Å². The zero-order chi connectivity index (χ0) is 18.6. The first-order valence-corrected chi connectivity index (χ1v) is 7.91. The van der Waals surface area contributed by atoms with Gasteiger partial charge in [0.15, 0.2) is 0 Å². The predicted molar refractivity (Wildman–Crippen MR) is 97.9 cm³/mol. The van der Waals surface area contributed by atoms with Gasteiger partial charge in [-0.25, -0.2) is 0 Å². The third kappa shape index (κ3) is 4.69. The fourth-order valence-electron chi connectivity index (χ4n) is 2.24. The molecule has 0 radical (unpaired) electrons. The first-order valence-electron chi connectivity index (χ1n) is 7.91. The fourth-order valence-corrected chi connectivity index (χ4v) is 2.24. The summed E-state index contributed by atoms with van der Waals surface area (Å²) >= 11 is 0. The number of nitrogens with one attached hydrogen (secondary N) is 1. The van der Waals surface area contributed by atoms with E-state index in [0.29, 0.717) is 5.69 Å². The van der Waals surface area contributed by atoms with E-state index in [4.69, 9.17) is 0 Å². The molecule has 26 heavy (non-hydrogen) atoms. The average Bonchev–Trinajstić information content (AvgIpc) is 3.07. The zero-order valence-corrected chi connectivity index (χ0v) is 14.0. The van der Waals surface area contributed by atoms with Crippen molar-refractivity contribution >= 4 is 23.8 Å². The number of rotatable bonds is 4. The molecule has 3 nitrogen and oxygen atoms in total. The number of H-pyrrole nitrogens is 1. The molecule has 0 aliphatic rings. The van der Waals surface area contributed by atoms with E-state index in [9.17, 15) is 13.2 Å². The van der Waals surface area contributed by atoms with E-state index in [0.717, 1.165) is 29.2 Å². The van der Waals surface area contributed by atoms with Crippen LogP contribution in [0.1, 0.15) is 22.5 Å². The van der Waals surface area contributed by atoms with Crippen molar-refractivity contribution in [2.45, 2.75) is 13.1 Å². The van der Waals surface area contributed by atoms with Gasteiger partial charge in [-0.3, -0.25) is 9.98 Å². The van der Waals surface area contributed by atoms with Crippen LogP contribution in [-0.4, -0.2) is 17.4 Å². The third-order valence-corrected chi connectivity index (χ3v) is 3.67. The van der Waals surface area contributed by atoms with E-state index in [1.807, 2.05) is 43.3 Å². The lowest BCUT2D eigenvalue weighted by Crippen LogP contribution is -2.03. The molecule has 0 spiro atoms. The van der Waals surface area contributed by atoms with Gasteiger partial charge in [0.25, 0.3) is 0 Å². The van der Waals surface area contributed by atoms with Crippen LogP contribution >= 0.6 is 0 Å². The molecule has 1 aromatic heterocycles. The van der Waals surface area contributed by atoms with Gasteiger partial charge in [-0.2, -0.15) is 13.2 Å². The summed E-state index contributed by atoms with van der Waals surface area (Å²) < 4.78 is 37.6. The van der Waals surface area contributed by atoms with Crippen molar-refractivity contribution in [3.63, 3.8) is 0 Å². The third-order valence-electron chi connectivity index (χ3n) is 3.67. The summed E-state index contributed by atoms with van der Waals surface area (Å²) in [6, 6.07) is 16.2. The number of alkyl halides is 3. The van der Waals surface area contributed by atoms with Gasteiger partial charge in [-0.05, 0) is 55.5 Å². The molecule has 3 aromatic rings. The highest BCUT2D eigenvalue weighted by Gasteiger charge is 2.29. The van der Waals surface area contributed by atoms with Gasteiger partial charge in [0, 0.05) is 0 Å². The number of hydrogen-bond donors (Lipinski definition) is 1. The first kappa shape index (κ1) is 17.7. The number of aryl methyl sites for hydroxylation is 1. The summed E-state index contributed by atoms with van der Waals surface area (Å²) in [4.78, 5) is 11.7. The minimum absolute atomic E-state index is 0.447. The summed E-state index contributed by atoms with van der Waals surface area (Å²) in [5, 5.41) is 0. The average molecular weight is 355 g/mol. The van der Waals surface area contributed by atoms with E-state index in [-0.39, 0.29) is 0 Å². The Labute approximate surface area is 149 Å². The van der Waals surface area contributed by atoms with E-state index >= 15 is 0 Å². The fraction of sp³-hybridized carbons (Fsp3) is 0.100. The molecule has 1 heterocycles. The van der Waals surface area contributed by atoms with Crippen LogP contribution in [0.4, 0.5) is 24.5 Å². The summed E-state index contributed by atoms with van der Waals surface area (Å²) in [6.07, 6.45) is -1.07. The largest absolute Gasteiger partial charge is 0.416 e. The highest BCUT2D eigenvalue weighted by atomic mass is 19.4. The molecule has 0 amide bonds. The topological polar surface area (TPSA) is 40.5 Å². The molecule has 0 aliphatic heterocycles. The number of benzene rings is 2. The molecule has 132 valence electrons. The van der Waals surface area contributed by atoms with Crippen molar-refractivity contribution in [1.29, 1.82) is 0 Å². The lowest BCUT2D eigenvalue weighted by atomic mass is 10.2. The van der Waals surface area contributed by atoms with E-state index < -0.39 is 11.7 Å². The monoisotopic (exact) mass is 355 g/mol. The Morgan fingerprint density at radius 2 is 1.19 bits per heavy atom. The van der Waals surface area contributed by atoms with E-state index in [1.165, 1.54) is 17.7 Å². The van der Waals surface area contributed by atoms with Crippen LogP contribution in [-0.2, 0) is 6.18 Å². The van der Waals surface area contributed by atoms with Crippen LogP contribution in [0.25, 0.3) is 0 Å².